The van der Waals surface area contributed by atoms with E-state index in [0.717, 1.165) is 34.6 Å². The van der Waals surface area contributed by atoms with E-state index in [1.54, 1.807) is 26.6 Å². The highest BCUT2D eigenvalue weighted by Gasteiger charge is 2.20. The number of benzene rings is 1. The number of imidazole rings is 1. The predicted octanol–water partition coefficient (Wildman–Crippen LogP) is 2.81. The monoisotopic (exact) mass is 369 g/mol. The second-order valence-electron chi connectivity index (χ2n) is 5.69. The zero-order valence-electron chi connectivity index (χ0n) is 14.5. The summed E-state index contributed by atoms with van der Waals surface area (Å²) < 4.78 is 7.63. The van der Waals surface area contributed by atoms with Gasteiger partial charge >= 0.3 is 0 Å². The van der Waals surface area contributed by atoms with Gasteiger partial charge in [0.25, 0.3) is 0 Å². The second-order valence-corrected chi connectivity index (χ2v) is 6.08. The highest BCUT2D eigenvalue weighted by Crippen LogP contribution is 2.37. The van der Waals surface area contributed by atoms with Gasteiger partial charge in [0.2, 0.25) is 5.82 Å². The number of aryl methyl sites for hydroxylation is 2. The van der Waals surface area contributed by atoms with Gasteiger partial charge in [0.05, 0.1) is 42.7 Å². The Morgan fingerprint density at radius 2 is 2.04 bits per heavy atom. The summed E-state index contributed by atoms with van der Waals surface area (Å²) in [5.41, 5.74) is 3.41. The van der Waals surface area contributed by atoms with Gasteiger partial charge in [0, 0.05) is 6.20 Å². The summed E-state index contributed by atoms with van der Waals surface area (Å²) in [6.45, 7) is 2.05. The molecule has 0 radical (unpaired) electrons. The fourth-order valence-electron chi connectivity index (χ4n) is 2.97. The molecule has 0 saturated carbocycles. The molecule has 3 heterocycles. The van der Waals surface area contributed by atoms with Crippen molar-refractivity contribution >= 4 is 17.1 Å². The molecule has 0 N–H and O–H groups in total. The largest absolute Gasteiger partial charge is 0.495 e. The summed E-state index contributed by atoms with van der Waals surface area (Å²) in [5.74, 6) is 1.84. The van der Waals surface area contributed by atoms with Crippen molar-refractivity contribution in [3.8, 4) is 28.5 Å². The number of nitrogens with zero attached hydrogens (tertiary/aromatic N) is 7. The minimum Gasteiger partial charge on any atom is -0.495 e. The Labute approximate surface area is 154 Å². The fourth-order valence-corrected chi connectivity index (χ4v) is 3.12. The molecular weight excluding hydrogens is 354 g/mol. The highest BCUT2D eigenvalue weighted by atomic mass is 35.5. The molecule has 1 aromatic carbocycles. The Hall–Kier alpha value is -3.00. The summed E-state index contributed by atoms with van der Waals surface area (Å²) in [6.07, 6.45) is 4.27. The maximum Gasteiger partial charge on any atom is 0.208 e. The molecule has 0 atom stereocenters. The Balaban J connectivity index is 1.99. The van der Waals surface area contributed by atoms with Crippen LogP contribution in [0.3, 0.4) is 0 Å². The first-order chi connectivity index (χ1) is 12.6. The van der Waals surface area contributed by atoms with Crippen LogP contribution in [0.4, 0.5) is 0 Å². The molecule has 0 aliphatic carbocycles. The number of hydrogen-bond acceptors (Lipinski definition) is 6. The third-order valence-electron chi connectivity index (χ3n) is 4.11. The van der Waals surface area contributed by atoms with Crippen LogP contribution in [0.15, 0.2) is 30.6 Å². The summed E-state index contributed by atoms with van der Waals surface area (Å²) in [5, 5.41) is 12.7. The average Bonchev–Trinajstić information content (AvgIpc) is 3.24. The Morgan fingerprint density at radius 3 is 2.73 bits per heavy atom. The van der Waals surface area contributed by atoms with Crippen molar-refractivity contribution in [1.29, 1.82) is 0 Å². The maximum atomic E-state index is 6.11. The minimum atomic E-state index is 0.393. The SMILES string of the molecule is CCc1nc(-c2cccc(-c3nnn(C)n3)c2OC)n2cc(Cl)ncc12. The zero-order chi connectivity index (χ0) is 18.3. The summed E-state index contributed by atoms with van der Waals surface area (Å²) in [4.78, 5) is 10.4. The van der Waals surface area contributed by atoms with Crippen LogP contribution in [-0.2, 0) is 13.5 Å². The lowest BCUT2D eigenvalue weighted by atomic mass is 10.1. The predicted molar refractivity (Wildman–Crippen MR) is 97.2 cm³/mol. The number of ether oxygens (including phenoxy) is 1. The van der Waals surface area contributed by atoms with Crippen molar-refractivity contribution in [1.82, 2.24) is 34.6 Å². The van der Waals surface area contributed by atoms with E-state index in [4.69, 9.17) is 21.3 Å². The van der Waals surface area contributed by atoms with Crippen molar-refractivity contribution in [2.24, 2.45) is 7.05 Å². The number of hydrogen-bond donors (Lipinski definition) is 0. The maximum absolute atomic E-state index is 6.11. The molecule has 4 rings (SSSR count). The molecule has 132 valence electrons. The Morgan fingerprint density at radius 1 is 1.23 bits per heavy atom. The van der Waals surface area contributed by atoms with Gasteiger partial charge in [-0.05, 0) is 23.8 Å². The molecule has 0 unspecified atom stereocenters. The second kappa shape index (κ2) is 6.38. The van der Waals surface area contributed by atoms with E-state index >= 15 is 0 Å². The fraction of sp³-hybridized carbons (Fsp3) is 0.235. The van der Waals surface area contributed by atoms with Gasteiger partial charge in [-0.1, -0.05) is 24.6 Å². The number of para-hydroxylation sites is 1. The standard InChI is InChI=1S/C17H16ClN7O/c1-4-12-13-8-19-14(18)9-25(13)17(20-12)11-7-5-6-10(15(11)26-3)16-21-23-24(2)22-16/h5-9H,4H2,1-3H3. The summed E-state index contributed by atoms with van der Waals surface area (Å²) in [6, 6.07) is 5.75. The van der Waals surface area contributed by atoms with Crippen LogP contribution in [0.5, 0.6) is 5.75 Å². The van der Waals surface area contributed by atoms with Crippen LogP contribution >= 0.6 is 11.6 Å². The van der Waals surface area contributed by atoms with Crippen molar-refractivity contribution in [3.05, 3.63) is 41.4 Å². The van der Waals surface area contributed by atoms with E-state index in [0.29, 0.717) is 16.7 Å². The smallest absolute Gasteiger partial charge is 0.208 e. The van der Waals surface area contributed by atoms with E-state index in [2.05, 4.69) is 27.3 Å². The molecule has 8 nitrogen and oxygen atoms in total. The number of tetrazole rings is 1. The normalized spacial score (nSPS) is 11.2. The quantitative estimate of drug-likeness (QED) is 0.550. The van der Waals surface area contributed by atoms with Crippen LogP contribution in [0, 0.1) is 0 Å². The van der Waals surface area contributed by atoms with Crippen LogP contribution in [0.25, 0.3) is 28.3 Å². The van der Waals surface area contributed by atoms with Crippen LogP contribution in [0.2, 0.25) is 5.15 Å². The third-order valence-corrected chi connectivity index (χ3v) is 4.31. The molecule has 0 spiro atoms. The third kappa shape index (κ3) is 2.59. The van der Waals surface area contributed by atoms with Crippen molar-refractivity contribution < 1.29 is 4.74 Å². The molecule has 0 amide bonds. The summed E-state index contributed by atoms with van der Waals surface area (Å²) in [7, 11) is 3.33. The van der Waals surface area contributed by atoms with Crippen LogP contribution < -0.4 is 4.74 Å². The van der Waals surface area contributed by atoms with Gasteiger partial charge in [-0.25, -0.2) is 9.97 Å². The molecule has 4 aromatic rings. The molecule has 9 heteroatoms. The van der Waals surface area contributed by atoms with Gasteiger partial charge in [0.15, 0.2) is 0 Å². The molecule has 0 aliphatic rings. The Bertz CT molecular complexity index is 1100. The van der Waals surface area contributed by atoms with Gasteiger partial charge in [-0.2, -0.15) is 4.80 Å². The number of aromatic nitrogens is 7. The van der Waals surface area contributed by atoms with Crippen LogP contribution in [-0.4, -0.2) is 41.7 Å². The average molecular weight is 370 g/mol. The van der Waals surface area contributed by atoms with E-state index in [9.17, 15) is 0 Å². The lowest BCUT2D eigenvalue weighted by Crippen LogP contribution is -1.97. The molecule has 26 heavy (non-hydrogen) atoms. The number of methoxy groups -OCH3 is 1. The van der Waals surface area contributed by atoms with E-state index in [1.165, 1.54) is 4.80 Å². The van der Waals surface area contributed by atoms with Gasteiger partial charge in [-0.3, -0.25) is 4.40 Å². The van der Waals surface area contributed by atoms with E-state index in [-0.39, 0.29) is 0 Å². The van der Waals surface area contributed by atoms with E-state index < -0.39 is 0 Å². The van der Waals surface area contributed by atoms with Crippen LogP contribution in [0.1, 0.15) is 12.6 Å². The van der Waals surface area contributed by atoms with Gasteiger partial charge in [0.1, 0.15) is 16.7 Å². The molecule has 3 aromatic heterocycles. The van der Waals surface area contributed by atoms with Crippen molar-refractivity contribution in [2.45, 2.75) is 13.3 Å². The van der Waals surface area contributed by atoms with Gasteiger partial charge < -0.3 is 4.74 Å². The molecular formula is C17H16ClN7O. The number of halogens is 1. The van der Waals surface area contributed by atoms with E-state index in [1.807, 2.05) is 22.6 Å². The number of rotatable bonds is 4. The van der Waals surface area contributed by atoms with Gasteiger partial charge in [-0.15, -0.1) is 10.2 Å². The first kappa shape index (κ1) is 16.5. The lowest BCUT2D eigenvalue weighted by molar-refractivity contribution is 0.417. The first-order valence-corrected chi connectivity index (χ1v) is 8.44. The van der Waals surface area contributed by atoms with Crippen molar-refractivity contribution in [3.63, 3.8) is 0 Å². The Kier molecular flexibility index (Phi) is 4.04. The first-order valence-electron chi connectivity index (χ1n) is 8.06. The lowest BCUT2D eigenvalue weighted by Gasteiger charge is -2.11. The molecule has 0 saturated heterocycles. The zero-order valence-corrected chi connectivity index (χ0v) is 15.3. The highest BCUT2D eigenvalue weighted by molar-refractivity contribution is 6.29. The van der Waals surface area contributed by atoms with Crippen molar-refractivity contribution in [2.75, 3.05) is 7.11 Å². The topological polar surface area (TPSA) is 83.0 Å². The molecule has 0 bridgehead atoms. The summed E-state index contributed by atoms with van der Waals surface area (Å²) >= 11 is 6.11. The molecule has 0 fully saturated rings. The minimum absolute atomic E-state index is 0.393. The molecule has 0 aliphatic heterocycles. The number of fused-ring (bicyclic) bond motifs is 1.